The smallest absolute Gasteiger partial charge is 0.410 e. The number of nitrogens with zero attached hydrogens (tertiary/aromatic N) is 8. The highest BCUT2D eigenvalue weighted by molar-refractivity contribution is 7.85. The van der Waals surface area contributed by atoms with E-state index in [0.717, 1.165) is 68.9 Å². The van der Waals surface area contributed by atoms with Crippen molar-refractivity contribution in [2.45, 2.75) is 162 Å². The lowest BCUT2D eigenvalue weighted by Gasteiger charge is -2.69. The number of carboxylic acids is 1. The molecule has 554 valence electrons. The zero-order valence-corrected chi connectivity index (χ0v) is 60.8. The van der Waals surface area contributed by atoms with Gasteiger partial charge in [0.1, 0.15) is 24.5 Å². The van der Waals surface area contributed by atoms with Crippen LogP contribution in [0.3, 0.4) is 0 Å². The molecule has 3 aromatic carbocycles. The van der Waals surface area contributed by atoms with Crippen LogP contribution in [0.15, 0.2) is 97.2 Å². The van der Waals surface area contributed by atoms with E-state index in [0.29, 0.717) is 84.9 Å². The van der Waals surface area contributed by atoms with Crippen molar-refractivity contribution in [2.75, 3.05) is 60.2 Å². The van der Waals surface area contributed by atoms with Crippen LogP contribution in [-0.4, -0.2) is 164 Å². The highest BCUT2D eigenvalue weighted by Crippen LogP contribution is 2.72. The van der Waals surface area contributed by atoms with Crippen LogP contribution in [0.2, 0.25) is 0 Å². The lowest BCUT2D eigenvalue weighted by molar-refractivity contribution is -0.248. The standard InChI is InChI=1S/C74H91N13O15S2/c1-46(2)62(80-59(88)19-7-6-10-31-85-60(89)26-27-61(85)90)66(93)81-65(92)56(17-12-29-75)87(68(76)96)50-22-20-48(21-23-50)38-101-70(97)83(30-13-35-104(98,99)100)33-34-102-74-42-71(4)39-72(5,43-74)41-73(40-71,44-74)45-86-47(3)53(36-77-86)51-24-25-58(79-63(51)67(94)95)84-32-28-49-14-11-15-52(54(49)37-84)64(91)82-69-78-55-16-8-9-18-57(55)103-69/h8-9,11,14-16,18,20-27,36,46,56,62H,6-7,10,12-13,17,19,28-35,37-45,75H2,1-5H3,(H2,76,96)(H,80,88)(H,94,95)(H,78,82,91)(H,81,92,93)(H,98,99,100)/t56-,62-,71?,72?,73?,74?/m0/s1. The molecule has 5 heterocycles. The molecule has 9 N–H and O–H groups in total. The number of carbonyl (C=O) groups is 9. The summed E-state index contributed by atoms with van der Waals surface area (Å²) >= 11 is 1.40. The first-order valence-electron chi connectivity index (χ1n) is 35.3. The predicted molar refractivity (Wildman–Crippen MR) is 389 cm³/mol. The van der Waals surface area contributed by atoms with Gasteiger partial charge in [-0.1, -0.05) is 81.9 Å². The number of nitrogens with two attached hydrogens (primary N) is 2. The summed E-state index contributed by atoms with van der Waals surface area (Å²) in [5.74, 6) is -4.99. The number of hydrogen-bond acceptors (Lipinski definition) is 19. The van der Waals surface area contributed by atoms with E-state index in [1.54, 1.807) is 44.3 Å². The predicted octanol–water partition coefficient (Wildman–Crippen LogP) is 8.69. The number of anilines is 3. The number of unbranched alkanes of at least 4 members (excludes halogenated alkanes) is 2. The largest absolute Gasteiger partial charge is 0.476 e. The lowest BCUT2D eigenvalue weighted by Crippen LogP contribution is -2.64. The van der Waals surface area contributed by atoms with Crippen LogP contribution >= 0.6 is 11.3 Å². The number of carboxylic acid groups (broad SMARTS) is 1. The van der Waals surface area contributed by atoms with Crippen molar-refractivity contribution in [1.82, 2.24) is 40.2 Å². The number of primary amides is 1. The third kappa shape index (κ3) is 17.6. The number of fused-ring (bicyclic) bond motifs is 2. The Morgan fingerprint density at radius 2 is 1.55 bits per heavy atom. The molecule has 4 aliphatic carbocycles. The summed E-state index contributed by atoms with van der Waals surface area (Å²) in [6.07, 6.45) is 10.5. The van der Waals surface area contributed by atoms with Gasteiger partial charge < -0.3 is 41.2 Å². The molecule has 4 fully saturated rings. The molecule has 4 bridgehead atoms. The maximum Gasteiger partial charge on any atom is 0.410 e. The zero-order valence-electron chi connectivity index (χ0n) is 59.2. The molecule has 3 aromatic heterocycles. The van der Waals surface area contributed by atoms with Crippen LogP contribution in [-0.2, 0) is 69.7 Å². The Morgan fingerprint density at radius 3 is 2.23 bits per heavy atom. The quantitative estimate of drug-likeness (QED) is 0.0118. The molecule has 6 aromatic rings. The number of pyridine rings is 1. The average Bonchev–Trinajstić information content (AvgIpc) is 1.07. The van der Waals surface area contributed by atoms with Crippen molar-refractivity contribution in [3.05, 3.63) is 131 Å². The molecular formula is C74H91N13O15S2. The Bertz CT molecular complexity index is 4370. The van der Waals surface area contributed by atoms with Crippen molar-refractivity contribution in [3.63, 3.8) is 0 Å². The fraction of sp³-hybridized carbons (Fsp3) is 0.486. The van der Waals surface area contributed by atoms with Gasteiger partial charge in [-0.15, -0.1) is 0 Å². The highest BCUT2D eigenvalue weighted by Gasteiger charge is 2.66. The summed E-state index contributed by atoms with van der Waals surface area (Å²) in [5.41, 5.74) is 16.2. The molecule has 2 aliphatic heterocycles. The van der Waals surface area contributed by atoms with E-state index in [1.807, 2.05) is 59.0 Å². The summed E-state index contributed by atoms with van der Waals surface area (Å²) < 4.78 is 49.3. The number of carbonyl (C=O) groups excluding carboxylic acids is 8. The minimum Gasteiger partial charge on any atom is -0.476 e. The zero-order chi connectivity index (χ0) is 74.5. The van der Waals surface area contributed by atoms with Crippen molar-refractivity contribution in [2.24, 2.45) is 33.6 Å². The van der Waals surface area contributed by atoms with Crippen molar-refractivity contribution < 1.29 is 70.7 Å². The topological polar surface area (TPSA) is 391 Å². The van der Waals surface area contributed by atoms with E-state index >= 15 is 0 Å². The molecule has 28 nitrogen and oxygen atoms in total. The first kappa shape index (κ1) is 75.7. The number of benzene rings is 3. The normalized spacial score (nSPS) is 20.9. The highest BCUT2D eigenvalue weighted by atomic mass is 32.2. The SMILES string of the molecule is Cc1c(-c2ccc(N3CCc4cccc(C(=O)Nc5nc6ccccc6s5)c4C3)nc2C(=O)O)cnn1CC12CC3(C)CC(C)(C1)CC(OCCN(CCCS(=O)(=O)O)C(=O)OCc1ccc(N(C(N)=O)[C@@H](CCCN)C(=O)NC(=O)[C@@H](NC(=O)CCCCCN4C(=O)C=CC4=O)C(C)C)cc1)(C3)C2. The number of aromatic nitrogens is 4. The second kappa shape index (κ2) is 31.5. The Labute approximate surface area is 607 Å². The maximum atomic E-state index is 14.1. The minimum absolute atomic E-state index is 0.00274. The first-order valence-corrected chi connectivity index (χ1v) is 37.7. The van der Waals surface area contributed by atoms with Gasteiger partial charge in [0.05, 0.1) is 34.4 Å². The van der Waals surface area contributed by atoms with Gasteiger partial charge in [0.2, 0.25) is 17.7 Å². The Hall–Kier alpha value is -9.49. The maximum absolute atomic E-state index is 14.1. The Morgan fingerprint density at radius 1 is 0.817 bits per heavy atom. The van der Waals surface area contributed by atoms with Crippen LogP contribution in [0.25, 0.3) is 21.3 Å². The number of rotatable bonds is 32. The van der Waals surface area contributed by atoms with Gasteiger partial charge in [-0.2, -0.15) is 13.5 Å². The van der Waals surface area contributed by atoms with Crippen molar-refractivity contribution >= 4 is 102 Å². The molecular weight excluding hydrogens is 1380 g/mol. The number of amides is 9. The van der Waals surface area contributed by atoms with Crippen LogP contribution < -0.4 is 37.2 Å². The third-order valence-electron chi connectivity index (χ3n) is 20.6. The number of thiazole rings is 1. The van der Waals surface area contributed by atoms with E-state index in [2.05, 4.69) is 34.8 Å². The summed E-state index contributed by atoms with van der Waals surface area (Å²) in [7, 11) is -4.39. The van der Waals surface area contributed by atoms with Gasteiger partial charge >= 0.3 is 18.1 Å². The summed E-state index contributed by atoms with van der Waals surface area (Å²) in [4.78, 5) is 134. The molecule has 0 saturated heterocycles. The van der Waals surface area contributed by atoms with E-state index in [4.69, 9.17) is 31.0 Å². The van der Waals surface area contributed by atoms with E-state index in [-0.39, 0.29) is 110 Å². The fourth-order valence-electron chi connectivity index (χ4n) is 17.1. The number of hydrogen-bond donors (Lipinski definition) is 7. The molecule has 2 unspecified atom stereocenters. The van der Waals surface area contributed by atoms with Gasteiger partial charge in [0, 0.05) is 85.9 Å². The summed E-state index contributed by atoms with van der Waals surface area (Å²) in [5, 5.41) is 24.2. The van der Waals surface area contributed by atoms with Crippen LogP contribution in [0.5, 0.6) is 0 Å². The molecule has 104 heavy (non-hydrogen) atoms. The Kier molecular flexibility index (Phi) is 22.9. The second-order valence-electron chi connectivity index (χ2n) is 29.6. The summed E-state index contributed by atoms with van der Waals surface area (Å²) in [6.45, 7) is 11.4. The lowest BCUT2D eigenvalue weighted by atomic mass is 9.39. The van der Waals surface area contributed by atoms with Gasteiger partial charge in [0.15, 0.2) is 10.8 Å². The summed E-state index contributed by atoms with van der Waals surface area (Å²) in [6, 6.07) is 19.6. The third-order valence-corrected chi connectivity index (χ3v) is 22.4. The number of imide groups is 2. The molecule has 0 spiro atoms. The van der Waals surface area contributed by atoms with E-state index in [1.165, 1.54) is 40.5 Å². The first-order chi connectivity index (χ1) is 49.4. The van der Waals surface area contributed by atoms with Gasteiger partial charge in [-0.05, 0) is 172 Å². The number of urea groups is 1. The number of aromatic carboxylic acids is 1. The molecule has 0 radical (unpaired) electrons. The van der Waals surface area contributed by atoms with Crippen LogP contribution in [0, 0.1) is 29.1 Å². The number of ether oxygens (including phenoxy) is 2. The molecule has 12 rings (SSSR count). The minimum atomic E-state index is -4.39. The van der Waals surface area contributed by atoms with Crippen LogP contribution in [0.1, 0.15) is 154 Å². The second-order valence-corrected chi connectivity index (χ2v) is 32.2. The fourth-order valence-corrected chi connectivity index (χ4v) is 18.5. The molecule has 6 aliphatic rings. The van der Waals surface area contributed by atoms with Crippen LogP contribution in [0.4, 0.5) is 26.2 Å². The van der Waals surface area contributed by atoms with E-state index < -0.39 is 75.3 Å². The van der Waals surface area contributed by atoms with Gasteiger partial charge in [-0.3, -0.25) is 58.4 Å². The Balaban J connectivity index is 0.715. The monoisotopic (exact) mass is 1470 g/mol. The molecule has 4 saturated carbocycles. The van der Waals surface area contributed by atoms with Gasteiger partial charge in [-0.25, -0.2) is 24.4 Å². The average molecular weight is 1470 g/mol. The van der Waals surface area contributed by atoms with Crippen molar-refractivity contribution in [1.29, 1.82) is 0 Å². The van der Waals surface area contributed by atoms with Crippen molar-refractivity contribution in [3.8, 4) is 11.1 Å². The molecule has 4 atom stereocenters. The number of nitrogens with one attached hydrogen (secondary N) is 3. The molecule has 9 amide bonds. The molecule has 30 heteroatoms. The van der Waals surface area contributed by atoms with Gasteiger partial charge in [0.25, 0.3) is 27.8 Å². The van der Waals surface area contributed by atoms with E-state index in [9.17, 15) is 61.2 Å². The number of para-hydroxylation sites is 1.